The number of hydrogen-bond donors (Lipinski definition) is 1. The van der Waals surface area contributed by atoms with Crippen LogP contribution in [0.25, 0.3) is 0 Å². The number of aliphatic hydroxyl groups is 1. The van der Waals surface area contributed by atoms with Gasteiger partial charge in [-0.2, -0.15) is 0 Å². The number of rotatable bonds is 1. The van der Waals surface area contributed by atoms with Gasteiger partial charge in [0.2, 0.25) is 5.79 Å². The Bertz CT molecular complexity index is 766. The molecule has 0 amide bonds. The highest BCUT2D eigenvalue weighted by Gasteiger charge is 2.80. The van der Waals surface area contributed by atoms with Crippen LogP contribution in [0.2, 0.25) is 0 Å². The van der Waals surface area contributed by atoms with Gasteiger partial charge in [0.1, 0.15) is 5.76 Å². The van der Waals surface area contributed by atoms with Crippen LogP contribution >= 0.6 is 0 Å². The summed E-state index contributed by atoms with van der Waals surface area (Å²) in [4.78, 5) is 2.36. The number of nitrogens with zero attached hydrogens (tertiary/aromatic N) is 1. The van der Waals surface area contributed by atoms with Gasteiger partial charge in [0.15, 0.2) is 11.9 Å². The zero-order valence-corrected chi connectivity index (χ0v) is 17.0. The quantitative estimate of drug-likeness (QED) is 0.742. The number of likely N-dealkylation sites (N-methyl/N-ethyl adjacent to an activating group) is 1. The zero-order valence-electron chi connectivity index (χ0n) is 17.0. The Kier molecular flexibility index (Phi) is 3.51. The standard InChI is InChI=1S/C22H31NO5/c1-13-6-11-26-22(28-13)8-7-21(24)16-12-14-4-5-15(25-3)18-17(14)20(21,19(22)27-18)9-10-23(16)2/h4-5,13-14,16-17,19,24H,6-12H2,1-3H3/t13-,14?,16+,17?,19+,20-,21?,22-/m0/s1. The van der Waals surface area contributed by atoms with E-state index in [-0.39, 0.29) is 24.2 Å². The topological polar surface area (TPSA) is 60.4 Å². The summed E-state index contributed by atoms with van der Waals surface area (Å²) in [6.45, 7) is 3.76. The maximum atomic E-state index is 12.3. The summed E-state index contributed by atoms with van der Waals surface area (Å²) in [5, 5.41) is 12.3. The van der Waals surface area contributed by atoms with Crippen molar-refractivity contribution in [3.63, 3.8) is 0 Å². The molecular weight excluding hydrogens is 358 g/mol. The van der Waals surface area contributed by atoms with Crippen LogP contribution in [0.15, 0.2) is 23.7 Å². The van der Waals surface area contributed by atoms with Crippen LogP contribution in [-0.2, 0) is 18.9 Å². The highest BCUT2D eigenvalue weighted by molar-refractivity contribution is 5.39. The molecular formula is C22H31NO5. The summed E-state index contributed by atoms with van der Waals surface area (Å²) in [5.74, 6) is 1.42. The van der Waals surface area contributed by atoms with Gasteiger partial charge in [-0.3, -0.25) is 0 Å². The third kappa shape index (κ3) is 1.84. The first kappa shape index (κ1) is 17.8. The van der Waals surface area contributed by atoms with Crippen molar-refractivity contribution in [2.75, 3.05) is 27.3 Å². The highest BCUT2D eigenvalue weighted by atomic mass is 16.7. The van der Waals surface area contributed by atoms with Crippen LogP contribution in [-0.4, -0.2) is 67.0 Å². The normalized spacial score (nSPS) is 54.5. The fraction of sp³-hybridized carbons (Fsp3) is 0.818. The third-order valence-corrected chi connectivity index (χ3v) is 8.72. The number of likely N-dealkylation sites (tertiary alicyclic amines) is 1. The van der Waals surface area contributed by atoms with Crippen LogP contribution in [0.5, 0.6) is 0 Å². The lowest BCUT2D eigenvalue weighted by Crippen LogP contribution is -2.79. The molecule has 0 radical (unpaired) electrons. The Labute approximate surface area is 166 Å². The van der Waals surface area contributed by atoms with Gasteiger partial charge >= 0.3 is 0 Å². The summed E-state index contributed by atoms with van der Waals surface area (Å²) >= 11 is 0. The van der Waals surface area contributed by atoms with Crippen molar-refractivity contribution in [3.8, 4) is 0 Å². The van der Waals surface area contributed by atoms with E-state index in [1.54, 1.807) is 7.11 Å². The van der Waals surface area contributed by atoms with Crippen molar-refractivity contribution in [2.24, 2.45) is 17.3 Å². The minimum Gasteiger partial charge on any atom is -0.493 e. The molecule has 0 aromatic carbocycles. The summed E-state index contributed by atoms with van der Waals surface area (Å²) in [7, 11) is 3.86. The lowest BCUT2D eigenvalue weighted by molar-refractivity contribution is -0.385. The Morgan fingerprint density at radius 1 is 1.29 bits per heavy atom. The Morgan fingerprint density at radius 2 is 2.14 bits per heavy atom. The van der Waals surface area contributed by atoms with Crippen LogP contribution in [0, 0.1) is 17.3 Å². The van der Waals surface area contributed by atoms with Crippen LogP contribution < -0.4 is 0 Å². The number of allylic oxidation sites excluding steroid dienone is 3. The summed E-state index contributed by atoms with van der Waals surface area (Å²) in [6, 6.07) is 0.139. The van der Waals surface area contributed by atoms with E-state index in [0.717, 1.165) is 37.3 Å². The first-order valence-electron chi connectivity index (χ1n) is 10.8. The van der Waals surface area contributed by atoms with Crippen molar-refractivity contribution in [1.82, 2.24) is 4.90 Å². The molecule has 6 aliphatic rings. The predicted molar refractivity (Wildman–Crippen MR) is 101 cm³/mol. The summed E-state index contributed by atoms with van der Waals surface area (Å²) in [6.07, 6.45) is 8.28. The Balaban J connectivity index is 1.56. The van der Waals surface area contributed by atoms with Gasteiger partial charge in [-0.25, -0.2) is 0 Å². The SMILES string of the molecule is COC1=C2O[C@H]3[C@@]4(CCC5(O)[C@H]6CC(C=C1)C2[C@@]35CCN6C)OCC[C@H](C)O4. The molecule has 3 aliphatic carbocycles. The largest absolute Gasteiger partial charge is 0.493 e. The van der Waals surface area contributed by atoms with E-state index in [0.29, 0.717) is 25.4 Å². The number of ether oxygens (including phenoxy) is 4. The molecule has 5 fully saturated rings. The van der Waals surface area contributed by atoms with Gasteiger partial charge in [-0.05, 0) is 58.2 Å². The van der Waals surface area contributed by atoms with Gasteiger partial charge in [-0.15, -0.1) is 0 Å². The van der Waals surface area contributed by atoms with E-state index in [9.17, 15) is 5.11 Å². The summed E-state index contributed by atoms with van der Waals surface area (Å²) in [5.41, 5.74) is -1.19. The first-order chi connectivity index (χ1) is 13.5. The van der Waals surface area contributed by atoms with Crippen molar-refractivity contribution in [1.29, 1.82) is 0 Å². The molecule has 3 heterocycles. The second-order valence-electron chi connectivity index (χ2n) is 9.76. The number of fused-ring (bicyclic) bond motifs is 1. The van der Waals surface area contributed by atoms with Crippen LogP contribution in [0.1, 0.15) is 39.0 Å². The van der Waals surface area contributed by atoms with Gasteiger partial charge in [0.25, 0.3) is 0 Å². The van der Waals surface area contributed by atoms with Gasteiger partial charge in [0.05, 0.1) is 30.8 Å². The number of piperidine rings is 1. The molecule has 2 saturated carbocycles. The van der Waals surface area contributed by atoms with Crippen LogP contribution in [0.3, 0.4) is 0 Å². The summed E-state index contributed by atoms with van der Waals surface area (Å²) < 4.78 is 25.3. The maximum absolute atomic E-state index is 12.3. The van der Waals surface area contributed by atoms with Crippen molar-refractivity contribution >= 4 is 0 Å². The molecule has 28 heavy (non-hydrogen) atoms. The van der Waals surface area contributed by atoms with Gasteiger partial charge in [-0.1, -0.05) is 6.08 Å². The molecule has 2 bridgehead atoms. The Morgan fingerprint density at radius 3 is 2.93 bits per heavy atom. The zero-order chi connectivity index (χ0) is 19.3. The molecule has 6 heteroatoms. The third-order valence-electron chi connectivity index (χ3n) is 8.72. The predicted octanol–water partition coefficient (Wildman–Crippen LogP) is 2.19. The molecule has 0 aromatic heterocycles. The molecule has 6 nitrogen and oxygen atoms in total. The molecule has 8 atom stereocenters. The molecule has 154 valence electrons. The maximum Gasteiger partial charge on any atom is 0.206 e. The van der Waals surface area contributed by atoms with E-state index in [1.165, 1.54) is 0 Å². The molecule has 3 aliphatic heterocycles. The van der Waals surface area contributed by atoms with Crippen molar-refractivity contribution in [2.45, 2.75) is 68.7 Å². The average Bonchev–Trinajstić information content (AvgIpc) is 3.04. The van der Waals surface area contributed by atoms with E-state index in [4.69, 9.17) is 18.9 Å². The molecule has 1 N–H and O–H groups in total. The van der Waals surface area contributed by atoms with Gasteiger partial charge in [0, 0.05) is 18.4 Å². The molecule has 0 aromatic rings. The molecule has 3 saturated heterocycles. The van der Waals surface area contributed by atoms with E-state index >= 15 is 0 Å². The fourth-order valence-corrected chi connectivity index (χ4v) is 7.58. The smallest absolute Gasteiger partial charge is 0.206 e. The molecule has 6 rings (SSSR count). The van der Waals surface area contributed by atoms with Crippen molar-refractivity contribution in [3.05, 3.63) is 23.7 Å². The number of methoxy groups -OCH3 is 1. The fourth-order valence-electron chi connectivity index (χ4n) is 7.58. The minimum atomic E-state index is -0.795. The van der Waals surface area contributed by atoms with Crippen LogP contribution in [0.4, 0.5) is 0 Å². The second kappa shape index (κ2) is 5.54. The van der Waals surface area contributed by atoms with E-state index in [1.807, 2.05) is 0 Å². The lowest BCUT2D eigenvalue weighted by Gasteiger charge is -2.68. The second-order valence-corrected chi connectivity index (χ2v) is 9.76. The Hall–Kier alpha value is -1.08. The minimum absolute atomic E-state index is 0.133. The monoisotopic (exact) mass is 389 g/mol. The highest BCUT2D eigenvalue weighted by Crippen LogP contribution is 2.72. The molecule has 3 unspecified atom stereocenters. The van der Waals surface area contributed by atoms with E-state index in [2.05, 4.69) is 31.0 Å². The van der Waals surface area contributed by atoms with Gasteiger partial charge < -0.3 is 29.0 Å². The molecule has 2 spiro atoms. The van der Waals surface area contributed by atoms with Crippen molar-refractivity contribution < 1.29 is 24.1 Å². The van der Waals surface area contributed by atoms with E-state index < -0.39 is 16.8 Å². The number of hydrogen-bond acceptors (Lipinski definition) is 6. The lowest BCUT2D eigenvalue weighted by atomic mass is 9.43. The first-order valence-corrected chi connectivity index (χ1v) is 10.8. The average molecular weight is 389 g/mol.